The molecule has 1 atom stereocenters. The van der Waals surface area contributed by atoms with E-state index in [1.807, 2.05) is 65.8 Å². The first kappa shape index (κ1) is 21.5. The zero-order valence-corrected chi connectivity index (χ0v) is 18.5. The van der Waals surface area contributed by atoms with Crippen LogP contribution in [0.15, 0.2) is 28.7 Å². The fourth-order valence-corrected chi connectivity index (χ4v) is 3.37. The van der Waals surface area contributed by atoms with E-state index in [0.29, 0.717) is 19.6 Å². The van der Waals surface area contributed by atoms with Crippen LogP contribution < -0.4 is 0 Å². The lowest BCUT2D eigenvalue weighted by Gasteiger charge is -2.42. The lowest BCUT2D eigenvalue weighted by molar-refractivity contribution is -0.0153. The van der Waals surface area contributed by atoms with Gasteiger partial charge in [-0.25, -0.2) is 9.59 Å². The molecule has 2 rings (SSSR count). The van der Waals surface area contributed by atoms with Crippen molar-refractivity contribution in [3.8, 4) is 0 Å². The van der Waals surface area contributed by atoms with Gasteiger partial charge in [-0.05, 0) is 53.2 Å². The molecule has 2 amide bonds. The Morgan fingerprint density at radius 2 is 1.52 bits per heavy atom. The van der Waals surface area contributed by atoms with Crippen LogP contribution in [0.5, 0.6) is 0 Å². The summed E-state index contributed by atoms with van der Waals surface area (Å²) >= 11 is 3.56. The number of carbonyl (C=O) groups excluding carboxylic acids is 2. The first-order valence-corrected chi connectivity index (χ1v) is 9.89. The van der Waals surface area contributed by atoms with Gasteiger partial charge in [0, 0.05) is 24.1 Å². The van der Waals surface area contributed by atoms with Gasteiger partial charge in [0.2, 0.25) is 0 Å². The molecule has 0 saturated carbocycles. The van der Waals surface area contributed by atoms with Crippen LogP contribution in [0.1, 0.15) is 53.1 Å². The molecule has 0 bridgehead atoms. The summed E-state index contributed by atoms with van der Waals surface area (Å²) in [6.07, 6.45) is -0.754. The van der Waals surface area contributed by atoms with Crippen molar-refractivity contribution in [3.63, 3.8) is 0 Å². The molecular weight excluding hydrogens is 412 g/mol. The number of ether oxygens (including phenoxy) is 2. The normalized spacial score (nSPS) is 18.3. The highest BCUT2D eigenvalue weighted by molar-refractivity contribution is 9.10. The van der Waals surface area contributed by atoms with Gasteiger partial charge in [0.1, 0.15) is 11.2 Å². The molecule has 0 radical (unpaired) electrons. The highest BCUT2D eigenvalue weighted by Crippen LogP contribution is 2.32. The second-order valence-corrected chi connectivity index (χ2v) is 9.49. The van der Waals surface area contributed by atoms with Crippen LogP contribution in [0.3, 0.4) is 0 Å². The number of halogens is 1. The molecular formula is C20H29BrN2O4. The van der Waals surface area contributed by atoms with Crippen molar-refractivity contribution in [2.75, 3.05) is 19.6 Å². The number of hydrogen-bond donors (Lipinski definition) is 0. The molecule has 1 aromatic carbocycles. The Hall–Kier alpha value is -1.76. The predicted molar refractivity (Wildman–Crippen MR) is 108 cm³/mol. The largest absolute Gasteiger partial charge is 0.444 e. The minimum atomic E-state index is -0.585. The molecule has 1 aliphatic heterocycles. The van der Waals surface area contributed by atoms with E-state index in [-0.39, 0.29) is 18.2 Å². The molecule has 27 heavy (non-hydrogen) atoms. The van der Waals surface area contributed by atoms with Crippen molar-refractivity contribution in [2.45, 2.75) is 58.8 Å². The highest BCUT2D eigenvalue weighted by Gasteiger charge is 2.37. The predicted octanol–water partition coefficient (Wildman–Crippen LogP) is 4.98. The molecule has 150 valence electrons. The van der Waals surface area contributed by atoms with Gasteiger partial charge in [-0.2, -0.15) is 0 Å². The van der Waals surface area contributed by atoms with Gasteiger partial charge in [-0.15, -0.1) is 0 Å². The number of carbonyl (C=O) groups is 2. The van der Waals surface area contributed by atoms with Crippen LogP contribution >= 0.6 is 15.9 Å². The summed E-state index contributed by atoms with van der Waals surface area (Å²) in [7, 11) is 0. The van der Waals surface area contributed by atoms with Gasteiger partial charge in [0.15, 0.2) is 0 Å². The zero-order valence-electron chi connectivity index (χ0n) is 16.9. The fraction of sp³-hybridized carbons (Fsp3) is 0.600. The van der Waals surface area contributed by atoms with Crippen molar-refractivity contribution in [1.29, 1.82) is 0 Å². The topological polar surface area (TPSA) is 59.1 Å². The van der Waals surface area contributed by atoms with Gasteiger partial charge in [0.05, 0.1) is 6.04 Å². The Balaban J connectivity index is 2.28. The molecule has 1 aliphatic rings. The summed E-state index contributed by atoms with van der Waals surface area (Å²) in [6.45, 7) is 12.2. The third-order valence-corrected chi connectivity index (χ3v) is 4.65. The van der Waals surface area contributed by atoms with E-state index in [0.717, 1.165) is 10.0 Å². The van der Waals surface area contributed by atoms with Crippen molar-refractivity contribution in [3.05, 3.63) is 34.3 Å². The molecule has 1 fully saturated rings. The standard InChI is InChI=1S/C20H29BrN2O4/c1-19(2,3)26-17(24)22-11-12-23(18(25)27-20(4,5)6)16(13-22)14-9-7-8-10-15(14)21/h7-10,16H,11-13H2,1-6H3. The summed E-state index contributed by atoms with van der Waals surface area (Å²) in [4.78, 5) is 28.6. The quantitative estimate of drug-likeness (QED) is 0.617. The maximum absolute atomic E-state index is 12.8. The van der Waals surface area contributed by atoms with Crippen LogP contribution in [-0.4, -0.2) is 52.8 Å². The van der Waals surface area contributed by atoms with E-state index in [1.54, 1.807) is 9.80 Å². The fourth-order valence-electron chi connectivity index (χ4n) is 2.83. The minimum absolute atomic E-state index is 0.323. The summed E-state index contributed by atoms with van der Waals surface area (Å²) < 4.78 is 12.0. The highest BCUT2D eigenvalue weighted by atomic mass is 79.9. The van der Waals surface area contributed by atoms with E-state index in [2.05, 4.69) is 15.9 Å². The maximum atomic E-state index is 12.8. The SMILES string of the molecule is CC(C)(C)OC(=O)N1CCN(C(=O)OC(C)(C)C)C(c2ccccc2Br)C1. The van der Waals surface area contributed by atoms with Crippen LogP contribution in [-0.2, 0) is 9.47 Å². The van der Waals surface area contributed by atoms with Crippen LogP contribution in [0.2, 0.25) is 0 Å². The van der Waals surface area contributed by atoms with E-state index < -0.39 is 11.2 Å². The summed E-state index contributed by atoms with van der Waals surface area (Å²) in [5.74, 6) is 0. The van der Waals surface area contributed by atoms with Gasteiger partial charge in [-0.3, -0.25) is 4.90 Å². The molecule has 1 saturated heterocycles. The van der Waals surface area contributed by atoms with E-state index >= 15 is 0 Å². The van der Waals surface area contributed by atoms with Crippen molar-refractivity contribution in [1.82, 2.24) is 9.80 Å². The number of nitrogens with zero attached hydrogens (tertiary/aromatic N) is 2. The van der Waals surface area contributed by atoms with E-state index in [4.69, 9.17) is 9.47 Å². The summed E-state index contributed by atoms with van der Waals surface area (Å²) in [5, 5.41) is 0. The number of amides is 2. The molecule has 1 heterocycles. The average molecular weight is 441 g/mol. The molecule has 6 nitrogen and oxygen atoms in total. The summed E-state index contributed by atoms with van der Waals surface area (Å²) in [5.41, 5.74) is -0.225. The van der Waals surface area contributed by atoms with Crippen molar-refractivity contribution >= 4 is 28.1 Å². The third-order valence-electron chi connectivity index (χ3n) is 3.92. The van der Waals surface area contributed by atoms with Gasteiger partial charge >= 0.3 is 12.2 Å². The number of hydrogen-bond acceptors (Lipinski definition) is 4. The molecule has 7 heteroatoms. The van der Waals surface area contributed by atoms with Gasteiger partial charge in [-0.1, -0.05) is 34.1 Å². The Bertz CT molecular complexity index is 694. The molecule has 1 unspecified atom stereocenters. The van der Waals surface area contributed by atoms with Crippen molar-refractivity contribution in [2.24, 2.45) is 0 Å². The van der Waals surface area contributed by atoms with E-state index in [9.17, 15) is 9.59 Å². The Morgan fingerprint density at radius 1 is 0.963 bits per heavy atom. The van der Waals surface area contributed by atoms with Crippen LogP contribution in [0.4, 0.5) is 9.59 Å². The van der Waals surface area contributed by atoms with Gasteiger partial charge < -0.3 is 14.4 Å². The average Bonchev–Trinajstić information content (AvgIpc) is 2.51. The molecule has 0 N–H and O–H groups in total. The lowest BCUT2D eigenvalue weighted by atomic mass is 10.0. The second kappa shape index (κ2) is 8.09. The van der Waals surface area contributed by atoms with Crippen LogP contribution in [0, 0.1) is 0 Å². The Labute approximate surface area is 169 Å². The van der Waals surface area contributed by atoms with Crippen molar-refractivity contribution < 1.29 is 19.1 Å². The zero-order chi connectivity index (χ0) is 20.4. The lowest BCUT2D eigenvalue weighted by Crippen LogP contribution is -2.54. The third kappa shape index (κ3) is 6.13. The number of rotatable bonds is 1. The summed E-state index contributed by atoms with van der Waals surface area (Å²) in [6, 6.07) is 7.39. The Kier molecular flexibility index (Phi) is 6.45. The number of benzene rings is 1. The van der Waals surface area contributed by atoms with Gasteiger partial charge in [0.25, 0.3) is 0 Å². The molecule has 1 aromatic rings. The maximum Gasteiger partial charge on any atom is 0.410 e. The first-order valence-electron chi connectivity index (χ1n) is 9.09. The Morgan fingerprint density at radius 3 is 2.07 bits per heavy atom. The van der Waals surface area contributed by atoms with E-state index in [1.165, 1.54) is 0 Å². The minimum Gasteiger partial charge on any atom is -0.444 e. The first-order chi connectivity index (χ1) is 12.4. The monoisotopic (exact) mass is 440 g/mol. The molecule has 0 aromatic heterocycles. The molecule has 0 aliphatic carbocycles. The number of piperazine rings is 1. The molecule has 0 spiro atoms. The van der Waals surface area contributed by atoms with Crippen LogP contribution in [0.25, 0.3) is 0 Å². The second-order valence-electron chi connectivity index (χ2n) is 8.64. The smallest absolute Gasteiger partial charge is 0.410 e.